The number of non-ortho nitro benzene ring substituents is 1. The summed E-state index contributed by atoms with van der Waals surface area (Å²) in [6.07, 6.45) is 4.12. The number of hydrogen-bond donors (Lipinski definition) is 1. The fourth-order valence-corrected chi connectivity index (χ4v) is 1.75. The molecule has 19 heavy (non-hydrogen) atoms. The fraction of sp³-hybridized carbons (Fsp3) is 0.231. The molecule has 0 bridgehead atoms. The van der Waals surface area contributed by atoms with Crippen molar-refractivity contribution < 1.29 is 4.92 Å². The summed E-state index contributed by atoms with van der Waals surface area (Å²) in [5.41, 5.74) is 8.02. The highest BCUT2D eigenvalue weighted by atomic mass is 16.6. The molecule has 0 unspecified atom stereocenters. The number of nitrogens with two attached hydrogens (primary N) is 1. The highest BCUT2D eigenvalue weighted by Crippen LogP contribution is 2.24. The molecule has 1 aromatic carbocycles. The molecule has 6 heteroatoms. The van der Waals surface area contributed by atoms with Crippen LogP contribution in [-0.2, 0) is 6.42 Å². The normalized spacial score (nSPS) is 10.4. The Labute approximate surface area is 110 Å². The van der Waals surface area contributed by atoms with Crippen LogP contribution in [0.3, 0.4) is 0 Å². The van der Waals surface area contributed by atoms with Crippen molar-refractivity contribution in [1.29, 1.82) is 0 Å². The van der Waals surface area contributed by atoms with Crippen molar-refractivity contribution in [2.45, 2.75) is 13.3 Å². The third-order valence-corrected chi connectivity index (χ3v) is 2.81. The van der Waals surface area contributed by atoms with E-state index in [2.05, 4.69) is 9.97 Å². The Kier molecular flexibility index (Phi) is 3.82. The number of benzene rings is 1. The highest BCUT2D eigenvalue weighted by Gasteiger charge is 2.11. The lowest BCUT2D eigenvalue weighted by molar-refractivity contribution is -0.384. The van der Waals surface area contributed by atoms with Gasteiger partial charge in [0.25, 0.3) is 5.69 Å². The quantitative estimate of drug-likeness (QED) is 0.667. The van der Waals surface area contributed by atoms with Crippen molar-refractivity contribution >= 4 is 5.69 Å². The number of nitro groups is 1. The van der Waals surface area contributed by atoms with Gasteiger partial charge in [0.2, 0.25) is 0 Å². The molecule has 0 aliphatic rings. The molecular weight excluding hydrogens is 244 g/mol. The fourth-order valence-electron chi connectivity index (χ4n) is 1.75. The van der Waals surface area contributed by atoms with Gasteiger partial charge in [0.05, 0.1) is 4.92 Å². The Balaban J connectivity index is 2.40. The predicted octanol–water partition coefficient (Wildman–Crippen LogP) is 1.86. The minimum absolute atomic E-state index is 0.0373. The predicted molar refractivity (Wildman–Crippen MR) is 71.6 cm³/mol. The number of aromatic nitrogens is 2. The Morgan fingerprint density at radius 1 is 1.32 bits per heavy atom. The van der Waals surface area contributed by atoms with Crippen LogP contribution in [0, 0.1) is 17.0 Å². The van der Waals surface area contributed by atoms with Crippen molar-refractivity contribution in [3.8, 4) is 11.4 Å². The molecule has 0 saturated heterocycles. The van der Waals surface area contributed by atoms with Gasteiger partial charge in [-0.25, -0.2) is 9.97 Å². The Hall–Kier alpha value is -2.34. The number of hydrogen-bond acceptors (Lipinski definition) is 5. The monoisotopic (exact) mass is 258 g/mol. The minimum atomic E-state index is -0.425. The average Bonchev–Trinajstić information content (AvgIpc) is 2.40. The molecule has 0 saturated carbocycles. The van der Waals surface area contributed by atoms with Gasteiger partial charge in [0.15, 0.2) is 5.82 Å². The van der Waals surface area contributed by atoms with Crippen molar-refractivity contribution in [3.63, 3.8) is 0 Å². The summed E-state index contributed by atoms with van der Waals surface area (Å²) in [6, 6.07) is 4.67. The van der Waals surface area contributed by atoms with Gasteiger partial charge in [0.1, 0.15) is 0 Å². The van der Waals surface area contributed by atoms with Crippen molar-refractivity contribution in [1.82, 2.24) is 9.97 Å². The zero-order valence-corrected chi connectivity index (χ0v) is 10.5. The molecule has 0 spiro atoms. The lowest BCUT2D eigenvalue weighted by Gasteiger charge is -2.05. The lowest BCUT2D eigenvalue weighted by Crippen LogP contribution is -2.04. The van der Waals surface area contributed by atoms with Crippen LogP contribution >= 0.6 is 0 Å². The molecule has 0 aliphatic carbocycles. The summed E-state index contributed by atoms with van der Waals surface area (Å²) in [6.45, 7) is 2.41. The van der Waals surface area contributed by atoms with E-state index in [4.69, 9.17) is 5.73 Å². The second-order valence-corrected chi connectivity index (χ2v) is 4.21. The number of rotatable bonds is 4. The number of nitro benzene ring substituents is 1. The highest BCUT2D eigenvalue weighted by molar-refractivity contribution is 5.63. The molecule has 2 rings (SSSR count). The third-order valence-electron chi connectivity index (χ3n) is 2.81. The van der Waals surface area contributed by atoms with Crippen molar-refractivity contribution in [3.05, 3.63) is 51.8 Å². The molecule has 0 fully saturated rings. The van der Waals surface area contributed by atoms with E-state index in [1.165, 1.54) is 12.1 Å². The van der Waals surface area contributed by atoms with Crippen LogP contribution in [0.4, 0.5) is 5.69 Å². The molecule has 0 amide bonds. The van der Waals surface area contributed by atoms with E-state index in [0.717, 1.165) is 11.1 Å². The first kappa shape index (κ1) is 13.1. The van der Waals surface area contributed by atoms with Gasteiger partial charge in [-0.1, -0.05) is 6.07 Å². The molecule has 0 aliphatic heterocycles. The van der Waals surface area contributed by atoms with Gasteiger partial charge in [-0.15, -0.1) is 0 Å². The van der Waals surface area contributed by atoms with E-state index in [1.54, 1.807) is 18.5 Å². The summed E-state index contributed by atoms with van der Waals surface area (Å²) < 4.78 is 0. The maximum atomic E-state index is 10.8. The molecule has 6 nitrogen and oxygen atoms in total. The van der Waals surface area contributed by atoms with E-state index in [1.807, 2.05) is 6.92 Å². The van der Waals surface area contributed by atoms with Crippen molar-refractivity contribution in [2.24, 2.45) is 5.73 Å². The van der Waals surface area contributed by atoms with Crippen LogP contribution in [0.5, 0.6) is 0 Å². The van der Waals surface area contributed by atoms with Crippen LogP contribution in [0.1, 0.15) is 11.1 Å². The standard InChI is InChI=1S/C13H14N4O2/c1-9-2-3-11(17(18)19)6-12(9)13-15-7-10(4-5-14)8-16-13/h2-3,6-8H,4-5,14H2,1H3. The van der Waals surface area contributed by atoms with E-state index in [-0.39, 0.29) is 5.69 Å². The zero-order chi connectivity index (χ0) is 13.8. The Bertz CT molecular complexity index is 596. The molecular formula is C13H14N4O2. The van der Waals surface area contributed by atoms with E-state index < -0.39 is 4.92 Å². The molecule has 98 valence electrons. The summed E-state index contributed by atoms with van der Waals surface area (Å²) in [4.78, 5) is 18.8. The van der Waals surface area contributed by atoms with Gasteiger partial charge in [-0.3, -0.25) is 10.1 Å². The zero-order valence-electron chi connectivity index (χ0n) is 10.5. The van der Waals surface area contributed by atoms with Crippen LogP contribution in [0.2, 0.25) is 0 Å². The largest absolute Gasteiger partial charge is 0.330 e. The van der Waals surface area contributed by atoms with Gasteiger partial charge in [-0.05, 0) is 31.0 Å². The van der Waals surface area contributed by atoms with Gasteiger partial charge < -0.3 is 5.73 Å². The van der Waals surface area contributed by atoms with Crippen LogP contribution in [-0.4, -0.2) is 21.4 Å². The van der Waals surface area contributed by atoms with E-state index in [0.29, 0.717) is 24.4 Å². The molecule has 1 heterocycles. The molecule has 0 radical (unpaired) electrons. The second-order valence-electron chi connectivity index (χ2n) is 4.21. The van der Waals surface area contributed by atoms with Gasteiger partial charge in [-0.2, -0.15) is 0 Å². The first-order chi connectivity index (χ1) is 9.11. The number of nitrogens with zero attached hydrogens (tertiary/aromatic N) is 3. The molecule has 2 aromatic rings. The smallest absolute Gasteiger partial charge is 0.270 e. The summed E-state index contributed by atoms with van der Waals surface area (Å²) >= 11 is 0. The lowest BCUT2D eigenvalue weighted by atomic mass is 10.1. The Morgan fingerprint density at radius 2 is 2.00 bits per heavy atom. The number of aryl methyl sites for hydroxylation is 1. The SMILES string of the molecule is Cc1ccc([N+](=O)[O-])cc1-c1ncc(CCN)cn1. The minimum Gasteiger partial charge on any atom is -0.330 e. The van der Waals surface area contributed by atoms with E-state index in [9.17, 15) is 10.1 Å². The van der Waals surface area contributed by atoms with Crippen LogP contribution in [0.25, 0.3) is 11.4 Å². The maximum Gasteiger partial charge on any atom is 0.270 e. The molecule has 0 atom stereocenters. The first-order valence-corrected chi connectivity index (χ1v) is 5.88. The first-order valence-electron chi connectivity index (χ1n) is 5.88. The molecule has 2 N–H and O–H groups in total. The topological polar surface area (TPSA) is 94.9 Å². The van der Waals surface area contributed by atoms with Crippen LogP contribution in [0.15, 0.2) is 30.6 Å². The summed E-state index contributed by atoms with van der Waals surface area (Å²) in [5.74, 6) is 0.488. The molecule has 1 aromatic heterocycles. The summed E-state index contributed by atoms with van der Waals surface area (Å²) in [5, 5.41) is 10.8. The van der Waals surface area contributed by atoms with E-state index >= 15 is 0 Å². The van der Waals surface area contributed by atoms with Crippen molar-refractivity contribution in [2.75, 3.05) is 6.54 Å². The second kappa shape index (κ2) is 5.53. The maximum absolute atomic E-state index is 10.8. The van der Waals surface area contributed by atoms with Crippen LogP contribution < -0.4 is 5.73 Å². The third kappa shape index (κ3) is 2.92. The Morgan fingerprint density at radius 3 is 2.58 bits per heavy atom. The summed E-state index contributed by atoms with van der Waals surface area (Å²) in [7, 11) is 0. The average molecular weight is 258 g/mol. The van der Waals surface area contributed by atoms with Gasteiger partial charge >= 0.3 is 0 Å². The van der Waals surface area contributed by atoms with Gasteiger partial charge in [0, 0.05) is 30.1 Å².